The molecule has 2 unspecified atom stereocenters. The summed E-state index contributed by atoms with van der Waals surface area (Å²) in [6.45, 7) is 7.44. The molecule has 0 radical (unpaired) electrons. The van der Waals surface area contributed by atoms with Crippen LogP contribution in [0.4, 0.5) is 0 Å². The minimum Gasteiger partial charge on any atom is -0.391 e. The van der Waals surface area contributed by atoms with Gasteiger partial charge in [0.2, 0.25) is 0 Å². The van der Waals surface area contributed by atoms with Gasteiger partial charge in [0.25, 0.3) is 5.91 Å². The molecular weight excluding hydrogens is 328 g/mol. The van der Waals surface area contributed by atoms with Crippen LogP contribution in [0.5, 0.6) is 0 Å². The van der Waals surface area contributed by atoms with E-state index in [1.54, 1.807) is 6.20 Å². The summed E-state index contributed by atoms with van der Waals surface area (Å²) >= 11 is 0. The highest BCUT2D eigenvalue weighted by Crippen LogP contribution is 2.52. The molecule has 1 amide bonds. The van der Waals surface area contributed by atoms with Gasteiger partial charge < -0.3 is 19.7 Å². The van der Waals surface area contributed by atoms with Gasteiger partial charge in [-0.15, -0.1) is 0 Å². The number of carbonyl (C=O) groups excluding carboxylic acids is 1. The number of pyridine rings is 1. The van der Waals surface area contributed by atoms with Gasteiger partial charge in [0.1, 0.15) is 5.65 Å². The van der Waals surface area contributed by atoms with Crippen molar-refractivity contribution in [2.75, 3.05) is 13.6 Å². The van der Waals surface area contributed by atoms with Crippen molar-refractivity contribution in [1.82, 2.24) is 19.6 Å². The minimum atomic E-state index is -0.491. The largest absolute Gasteiger partial charge is 0.391 e. The van der Waals surface area contributed by atoms with Crippen molar-refractivity contribution in [2.24, 2.45) is 11.3 Å². The van der Waals surface area contributed by atoms with Gasteiger partial charge in [-0.1, -0.05) is 13.8 Å². The Hall–Kier alpha value is -1.92. The molecule has 2 aromatic rings. The second-order valence-corrected chi connectivity index (χ2v) is 8.61. The van der Waals surface area contributed by atoms with E-state index in [2.05, 4.69) is 36.1 Å². The second-order valence-electron chi connectivity index (χ2n) is 8.61. The third-order valence-electron chi connectivity index (χ3n) is 6.19. The molecule has 1 saturated carbocycles. The molecule has 4 atom stereocenters. The summed E-state index contributed by atoms with van der Waals surface area (Å²) in [5, 5.41) is 13.7. The van der Waals surface area contributed by atoms with Crippen LogP contribution in [-0.2, 0) is 0 Å². The fraction of sp³-hybridized carbons (Fsp3) is 0.600. The highest BCUT2D eigenvalue weighted by molar-refractivity contribution is 6.00. The van der Waals surface area contributed by atoms with E-state index in [4.69, 9.17) is 0 Å². The number of nitrogens with zero attached hydrogens (tertiary/aromatic N) is 3. The molecule has 6 nitrogen and oxygen atoms in total. The topological polar surface area (TPSA) is 69.9 Å². The van der Waals surface area contributed by atoms with Crippen molar-refractivity contribution in [3.05, 3.63) is 35.8 Å². The van der Waals surface area contributed by atoms with E-state index in [1.165, 1.54) is 0 Å². The lowest BCUT2D eigenvalue weighted by molar-refractivity contribution is -0.0827. The summed E-state index contributed by atoms with van der Waals surface area (Å²) in [5.74, 6) is 0.386. The Morgan fingerprint density at radius 3 is 2.88 bits per heavy atom. The van der Waals surface area contributed by atoms with Crippen LogP contribution in [0.2, 0.25) is 0 Å². The number of aromatic nitrogens is 2. The maximum atomic E-state index is 12.9. The van der Waals surface area contributed by atoms with E-state index in [-0.39, 0.29) is 17.4 Å². The molecule has 0 bridgehead atoms. The van der Waals surface area contributed by atoms with Gasteiger partial charge in [0.05, 0.1) is 17.7 Å². The summed E-state index contributed by atoms with van der Waals surface area (Å²) in [6, 6.07) is 2.13. The van der Waals surface area contributed by atoms with Gasteiger partial charge in [0, 0.05) is 36.6 Å². The van der Waals surface area contributed by atoms with Crippen molar-refractivity contribution < 1.29 is 9.90 Å². The number of rotatable bonds is 3. The van der Waals surface area contributed by atoms with Crippen molar-refractivity contribution >= 4 is 11.6 Å². The van der Waals surface area contributed by atoms with Crippen molar-refractivity contribution in [2.45, 2.75) is 51.8 Å². The third-order valence-corrected chi connectivity index (χ3v) is 6.19. The average molecular weight is 356 g/mol. The molecule has 2 fully saturated rings. The van der Waals surface area contributed by atoms with E-state index in [0.29, 0.717) is 23.2 Å². The van der Waals surface area contributed by atoms with Crippen LogP contribution in [-0.4, -0.2) is 57.1 Å². The molecule has 6 heteroatoms. The molecule has 1 aliphatic heterocycles. The lowest BCUT2D eigenvalue weighted by Crippen LogP contribution is -2.64. The van der Waals surface area contributed by atoms with E-state index in [0.717, 1.165) is 24.9 Å². The standard InChI is InChI=1S/C20H28N4O2/c1-12(2)17-20(11-23(17)4)8-15(16(25)9-20)22-19(26)14-7-13(3)10-24-6-5-21-18(14)24/h5-7,10,12,15-17,25H,8-9,11H2,1-4H3,(H,22,26)/t15-,16-,17?,20?/m1/s1. The smallest absolute Gasteiger partial charge is 0.255 e. The van der Waals surface area contributed by atoms with Gasteiger partial charge in [-0.05, 0) is 44.4 Å². The second kappa shape index (κ2) is 6.06. The molecule has 2 aromatic heterocycles. The zero-order chi connectivity index (χ0) is 18.6. The van der Waals surface area contributed by atoms with Crippen molar-refractivity contribution in [3.8, 4) is 0 Å². The van der Waals surface area contributed by atoms with Crippen LogP contribution >= 0.6 is 0 Å². The van der Waals surface area contributed by atoms with Crippen molar-refractivity contribution in [3.63, 3.8) is 0 Å². The van der Waals surface area contributed by atoms with Gasteiger partial charge >= 0.3 is 0 Å². The number of fused-ring (bicyclic) bond motifs is 1. The molecule has 1 aliphatic carbocycles. The molecule has 2 aliphatic rings. The Labute approximate surface area is 154 Å². The molecule has 4 rings (SSSR count). The average Bonchev–Trinajstić information content (AvgIpc) is 3.11. The number of carbonyl (C=O) groups is 1. The van der Waals surface area contributed by atoms with Crippen LogP contribution in [0, 0.1) is 18.3 Å². The number of likely N-dealkylation sites (tertiary alicyclic amines) is 1. The zero-order valence-electron chi connectivity index (χ0n) is 15.9. The minimum absolute atomic E-state index is 0.121. The fourth-order valence-corrected chi connectivity index (χ4v) is 5.58. The normalized spacial score (nSPS) is 31.7. The predicted molar refractivity (Wildman–Crippen MR) is 100 cm³/mol. The first kappa shape index (κ1) is 17.5. The molecule has 1 spiro atoms. The van der Waals surface area contributed by atoms with Crippen LogP contribution in [0.3, 0.4) is 0 Å². The first-order chi connectivity index (χ1) is 12.3. The number of aliphatic hydroxyl groups is 1. The summed E-state index contributed by atoms with van der Waals surface area (Å²) in [5.41, 5.74) is 2.34. The van der Waals surface area contributed by atoms with Gasteiger partial charge in [-0.2, -0.15) is 0 Å². The Bertz CT molecular complexity index is 841. The number of nitrogens with one attached hydrogen (secondary N) is 1. The Morgan fingerprint density at radius 1 is 1.42 bits per heavy atom. The van der Waals surface area contributed by atoms with Gasteiger partial charge in [-0.25, -0.2) is 4.98 Å². The molecule has 140 valence electrons. The molecular formula is C20H28N4O2. The first-order valence-corrected chi connectivity index (χ1v) is 9.43. The molecule has 2 N–H and O–H groups in total. The molecule has 26 heavy (non-hydrogen) atoms. The predicted octanol–water partition coefficient (Wildman–Crippen LogP) is 1.85. The van der Waals surface area contributed by atoms with E-state index >= 15 is 0 Å². The maximum absolute atomic E-state index is 12.9. The van der Waals surface area contributed by atoms with E-state index in [1.807, 2.05) is 29.8 Å². The number of aliphatic hydroxyl groups excluding tert-OH is 1. The van der Waals surface area contributed by atoms with Crippen LogP contribution in [0.15, 0.2) is 24.7 Å². The molecule has 0 aromatic carbocycles. The SMILES string of the molecule is Cc1cc(C(=O)N[C@@H]2CC3(C[C@H]2O)CN(C)C3C(C)C)c2nccn2c1. The quantitative estimate of drug-likeness (QED) is 0.881. The van der Waals surface area contributed by atoms with Crippen molar-refractivity contribution in [1.29, 1.82) is 0 Å². The number of hydrogen-bond acceptors (Lipinski definition) is 4. The Balaban J connectivity index is 1.54. The molecule has 3 heterocycles. The van der Waals surface area contributed by atoms with Crippen LogP contribution in [0.25, 0.3) is 5.65 Å². The summed E-state index contributed by atoms with van der Waals surface area (Å²) in [6.07, 6.45) is 6.60. The molecule has 1 saturated heterocycles. The fourth-order valence-electron chi connectivity index (χ4n) is 5.58. The van der Waals surface area contributed by atoms with Gasteiger partial charge in [0.15, 0.2) is 0 Å². The zero-order valence-corrected chi connectivity index (χ0v) is 15.9. The third kappa shape index (κ3) is 2.63. The Kier molecular flexibility index (Phi) is 4.08. The van der Waals surface area contributed by atoms with Crippen LogP contribution < -0.4 is 5.32 Å². The maximum Gasteiger partial charge on any atom is 0.255 e. The summed E-state index contributed by atoms with van der Waals surface area (Å²) < 4.78 is 1.87. The number of imidazole rings is 1. The number of hydrogen-bond donors (Lipinski definition) is 2. The van der Waals surface area contributed by atoms with Gasteiger partial charge in [-0.3, -0.25) is 4.79 Å². The highest BCUT2D eigenvalue weighted by atomic mass is 16.3. The van der Waals surface area contributed by atoms with E-state index in [9.17, 15) is 9.90 Å². The number of aryl methyl sites for hydroxylation is 1. The summed E-state index contributed by atoms with van der Waals surface area (Å²) in [7, 11) is 2.15. The lowest BCUT2D eigenvalue weighted by atomic mass is 9.66. The van der Waals surface area contributed by atoms with Crippen LogP contribution in [0.1, 0.15) is 42.6 Å². The monoisotopic (exact) mass is 356 g/mol. The summed E-state index contributed by atoms with van der Waals surface area (Å²) in [4.78, 5) is 19.6. The lowest BCUT2D eigenvalue weighted by Gasteiger charge is -2.57. The number of amides is 1. The highest BCUT2D eigenvalue weighted by Gasteiger charge is 2.58. The van der Waals surface area contributed by atoms with E-state index < -0.39 is 6.10 Å². The first-order valence-electron chi connectivity index (χ1n) is 9.43. The Morgan fingerprint density at radius 2 is 2.19 bits per heavy atom.